The fourth-order valence-electron chi connectivity index (χ4n) is 2.93. The minimum atomic E-state index is -0.326. The first-order valence-corrected chi connectivity index (χ1v) is 10.8. The molecule has 0 spiro atoms. The van der Waals surface area contributed by atoms with Gasteiger partial charge in [0.1, 0.15) is 11.6 Å². The molecule has 154 valence electrons. The second kappa shape index (κ2) is 9.85. The van der Waals surface area contributed by atoms with E-state index in [1.807, 2.05) is 41.5 Å². The predicted molar refractivity (Wildman–Crippen MR) is 110 cm³/mol. The van der Waals surface area contributed by atoms with Crippen LogP contribution in [0.1, 0.15) is 86.5 Å². The first kappa shape index (κ1) is 23.9. The molecule has 0 bridgehead atoms. The number of nitrogens with zero attached hydrogens (tertiary/aromatic N) is 1. The van der Waals surface area contributed by atoms with E-state index in [1.165, 1.54) is 16.7 Å². The normalized spacial score (nSPS) is 18.3. The molecule has 6 heteroatoms. The average molecular weight is 398 g/mol. The Kier molecular flexibility index (Phi) is 8.71. The van der Waals surface area contributed by atoms with Crippen LogP contribution < -0.4 is 0 Å². The van der Waals surface area contributed by atoms with Crippen LogP contribution in [-0.2, 0) is 19.2 Å². The molecule has 0 saturated carbocycles. The van der Waals surface area contributed by atoms with E-state index in [0.717, 1.165) is 19.3 Å². The summed E-state index contributed by atoms with van der Waals surface area (Å²) in [6, 6.07) is 0. The predicted octanol–water partition coefficient (Wildman–Crippen LogP) is 4.17. The number of carbonyl (C=O) groups is 4. The van der Waals surface area contributed by atoms with Crippen LogP contribution in [0.3, 0.4) is 0 Å². The molecule has 0 aromatic carbocycles. The Morgan fingerprint density at radius 3 is 2.11 bits per heavy atom. The highest BCUT2D eigenvalue weighted by atomic mass is 32.2. The zero-order valence-corrected chi connectivity index (χ0v) is 18.5. The van der Waals surface area contributed by atoms with Crippen molar-refractivity contribution in [1.82, 2.24) is 4.90 Å². The number of hydrogen-bond acceptors (Lipinski definition) is 5. The third-order valence-electron chi connectivity index (χ3n) is 4.51. The number of carbonyl (C=O) groups excluding carboxylic acids is 4. The molecule has 1 heterocycles. The van der Waals surface area contributed by atoms with Crippen LogP contribution in [-0.4, -0.2) is 44.8 Å². The van der Waals surface area contributed by atoms with Crippen molar-refractivity contribution >= 4 is 35.1 Å². The number of ketones is 2. The molecular formula is C21H35NO4S. The molecule has 2 amide bonds. The molecule has 1 atom stereocenters. The molecular weight excluding hydrogens is 362 g/mol. The Balaban J connectivity index is 2.27. The number of thioether (sulfide) groups is 1. The monoisotopic (exact) mass is 397 g/mol. The molecule has 1 rings (SSSR count). The smallest absolute Gasteiger partial charge is 0.242 e. The first-order chi connectivity index (χ1) is 12.3. The molecule has 0 aliphatic carbocycles. The van der Waals surface area contributed by atoms with Gasteiger partial charge >= 0.3 is 0 Å². The summed E-state index contributed by atoms with van der Waals surface area (Å²) in [4.78, 5) is 49.6. The highest BCUT2D eigenvalue weighted by Crippen LogP contribution is 2.34. The van der Waals surface area contributed by atoms with Crippen LogP contribution in [0.2, 0.25) is 0 Å². The lowest BCUT2D eigenvalue weighted by Gasteiger charge is -2.21. The number of Topliss-reactive ketones (excluding diaryl/α,β-unsaturated/α-hetero) is 2. The highest BCUT2D eigenvalue weighted by Gasteiger charge is 2.40. The van der Waals surface area contributed by atoms with Gasteiger partial charge in [0, 0.05) is 42.4 Å². The number of unbranched alkanes of at least 4 members (excludes halogenated alkanes) is 2. The highest BCUT2D eigenvalue weighted by molar-refractivity contribution is 8.01. The Labute approximate surface area is 168 Å². The molecule has 27 heavy (non-hydrogen) atoms. The number of hydrogen-bond donors (Lipinski definition) is 0. The van der Waals surface area contributed by atoms with Gasteiger partial charge in [0.05, 0.1) is 5.25 Å². The van der Waals surface area contributed by atoms with Crippen molar-refractivity contribution in [3.63, 3.8) is 0 Å². The van der Waals surface area contributed by atoms with Crippen molar-refractivity contribution in [2.24, 2.45) is 5.41 Å². The Hall–Kier alpha value is -1.17. The fourth-order valence-corrected chi connectivity index (χ4v) is 4.24. The quantitative estimate of drug-likeness (QED) is 0.409. The Morgan fingerprint density at radius 2 is 1.56 bits per heavy atom. The Morgan fingerprint density at radius 1 is 0.963 bits per heavy atom. The molecule has 1 aliphatic heterocycles. The topological polar surface area (TPSA) is 71.5 Å². The van der Waals surface area contributed by atoms with Crippen LogP contribution in [0, 0.1) is 5.41 Å². The maximum Gasteiger partial charge on any atom is 0.242 e. The zero-order chi connectivity index (χ0) is 20.8. The summed E-state index contributed by atoms with van der Waals surface area (Å²) < 4.78 is -0.0825. The Bertz CT molecular complexity index is 572. The van der Waals surface area contributed by atoms with Crippen LogP contribution in [0.5, 0.6) is 0 Å². The van der Waals surface area contributed by atoms with E-state index in [-0.39, 0.29) is 58.2 Å². The number of likely N-dealkylation sites (tertiary alicyclic amines) is 1. The van der Waals surface area contributed by atoms with Crippen LogP contribution >= 0.6 is 11.8 Å². The molecule has 0 aromatic rings. The van der Waals surface area contributed by atoms with E-state index in [1.54, 1.807) is 0 Å². The maximum absolute atomic E-state index is 12.4. The molecule has 1 unspecified atom stereocenters. The van der Waals surface area contributed by atoms with Gasteiger partial charge in [-0.3, -0.25) is 24.1 Å². The van der Waals surface area contributed by atoms with Crippen molar-refractivity contribution < 1.29 is 19.2 Å². The van der Waals surface area contributed by atoms with E-state index in [0.29, 0.717) is 12.8 Å². The van der Waals surface area contributed by atoms with Crippen molar-refractivity contribution in [1.29, 1.82) is 0 Å². The summed E-state index contributed by atoms with van der Waals surface area (Å²) >= 11 is 1.51. The first-order valence-electron chi connectivity index (χ1n) is 9.88. The summed E-state index contributed by atoms with van der Waals surface area (Å²) in [6.07, 6.45) is 3.86. The second-order valence-corrected chi connectivity index (χ2v) is 11.4. The van der Waals surface area contributed by atoms with Crippen LogP contribution in [0.4, 0.5) is 0 Å². The van der Waals surface area contributed by atoms with E-state index >= 15 is 0 Å². The molecule has 1 aliphatic rings. The minimum absolute atomic E-state index is 0.0738. The van der Waals surface area contributed by atoms with Gasteiger partial charge in [0.15, 0.2) is 0 Å². The SMILES string of the molecule is CC(C)(C)SC1CC(=O)N(CCC(=O)CCCCCC(=O)C(C)(C)C)C1=O. The summed E-state index contributed by atoms with van der Waals surface area (Å²) in [7, 11) is 0. The standard InChI is InChI=1S/C21H35NO4S/c1-20(2,3)17(24)11-9-7-8-10-15(23)12-13-22-18(25)14-16(19(22)26)27-21(4,5)6/h16H,7-14H2,1-6H3. The van der Waals surface area contributed by atoms with Gasteiger partial charge < -0.3 is 0 Å². The van der Waals surface area contributed by atoms with Crippen molar-refractivity contribution in [3.05, 3.63) is 0 Å². The molecule has 0 radical (unpaired) electrons. The summed E-state index contributed by atoms with van der Waals surface area (Å²) in [5, 5.41) is -0.326. The molecule has 1 saturated heterocycles. The van der Waals surface area contributed by atoms with Crippen molar-refractivity contribution in [2.45, 2.75) is 96.5 Å². The van der Waals surface area contributed by atoms with Gasteiger partial charge in [-0.25, -0.2) is 0 Å². The fraction of sp³-hybridized carbons (Fsp3) is 0.810. The summed E-state index contributed by atoms with van der Waals surface area (Å²) in [5.41, 5.74) is -0.298. The van der Waals surface area contributed by atoms with Gasteiger partial charge in [-0.2, -0.15) is 0 Å². The van der Waals surface area contributed by atoms with Gasteiger partial charge in [0.2, 0.25) is 11.8 Å². The van der Waals surface area contributed by atoms with E-state index in [4.69, 9.17) is 0 Å². The molecule has 0 N–H and O–H groups in total. The zero-order valence-electron chi connectivity index (χ0n) is 17.7. The molecule has 1 fully saturated rings. The average Bonchev–Trinajstić information content (AvgIpc) is 2.76. The van der Waals surface area contributed by atoms with Gasteiger partial charge in [0.25, 0.3) is 0 Å². The van der Waals surface area contributed by atoms with E-state index in [2.05, 4.69) is 0 Å². The van der Waals surface area contributed by atoms with E-state index < -0.39 is 0 Å². The summed E-state index contributed by atoms with van der Waals surface area (Å²) in [5.74, 6) is -0.00380. The largest absolute Gasteiger partial charge is 0.300 e. The van der Waals surface area contributed by atoms with Crippen LogP contribution in [0.15, 0.2) is 0 Å². The third kappa shape index (κ3) is 8.58. The van der Waals surface area contributed by atoms with Crippen molar-refractivity contribution in [3.8, 4) is 0 Å². The van der Waals surface area contributed by atoms with Gasteiger partial charge in [-0.15, -0.1) is 11.8 Å². The lowest BCUT2D eigenvalue weighted by Crippen LogP contribution is -2.34. The maximum atomic E-state index is 12.4. The number of rotatable bonds is 10. The summed E-state index contributed by atoms with van der Waals surface area (Å²) in [6.45, 7) is 12.0. The van der Waals surface area contributed by atoms with Crippen LogP contribution in [0.25, 0.3) is 0 Å². The second-order valence-electron chi connectivity index (χ2n) is 9.33. The van der Waals surface area contributed by atoms with Gasteiger partial charge in [-0.05, 0) is 12.8 Å². The number of amides is 2. The minimum Gasteiger partial charge on any atom is -0.300 e. The van der Waals surface area contributed by atoms with E-state index in [9.17, 15) is 19.2 Å². The third-order valence-corrected chi connectivity index (χ3v) is 5.87. The lowest BCUT2D eigenvalue weighted by molar-refractivity contribution is -0.138. The molecule has 5 nitrogen and oxygen atoms in total. The number of imide groups is 1. The van der Waals surface area contributed by atoms with Gasteiger partial charge in [-0.1, -0.05) is 48.0 Å². The van der Waals surface area contributed by atoms with Crippen molar-refractivity contribution in [2.75, 3.05) is 6.54 Å². The lowest BCUT2D eigenvalue weighted by atomic mass is 9.88. The molecule has 0 aromatic heterocycles.